The number of halogens is 1. The van der Waals surface area contributed by atoms with Gasteiger partial charge in [0.05, 0.1) is 17.6 Å². The lowest BCUT2D eigenvalue weighted by atomic mass is 10.2. The summed E-state index contributed by atoms with van der Waals surface area (Å²) >= 11 is 8.61. The van der Waals surface area contributed by atoms with Gasteiger partial charge in [0, 0.05) is 17.4 Å². The van der Waals surface area contributed by atoms with Gasteiger partial charge in [-0.3, -0.25) is 25.0 Å². The number of aromatic nitrogens is 3. The molecule has 0 aliphatic carbocycles. The van der Waals surface area contributed by atoms with Crippen LogP contribution in [0.25, 0.3) is 10.7 Å². The highest BCUT2D eigenvalue weighted by molar-refractivity contribution is 8.00. The highest BCUT2D eigenvalue weighted by Gasteiger charge is 2.35. The third-order valence-corrected chi connectivity index (χ3v) is 6.67. The van der Waals surface area contributed by atoms with Crippen LogP contribution < -0.4 is 5.43 Å². The average molecular weight is 432 g/mol. The van der Waals surface area contributed by atoms with E-state index in [-0.39, 0.29) is 17.2 Å². The fourth-order valence-corrected chi connectivity index (χ4v) is 4.86. The Morgan fingerprint density at radius 1 is 1.29 bits per heavy atom. The molecule has 0 radical (unpaired) electrons. The smallest absolute Gasteiger partial charge is 0.272 e. The van der Waals surface area contributed by atoms with E-state index in [1.54, 1.807) is 37.6 Å². The maximum atomic E-state index is 12.8. The number of nitrogens with one attached hydrogen (secondary N) is 1. The number of rotatable bonds is 4. The Balaban J connectivity index is 1.56. The number of amides is 2. The predicted octanol–water partition coefficient (Wildman–Crippen LogP) is 3.48. The van der Waals surface area contributed by atoms with Gasteiger partial charge in [0.25, 0.3) is 11.8 Å². The van der Waals surface area contributed by atoms with Crippen molar-refractivity contribution in [2.45, 2.75) is 12.3 Å². The van der Waals surface area contributed by atoms with Crippen molar-refractivity contribution in [3.63, 3.8) is 0 Å². The number of carbonyl (C=O) groups is 2. The standard InChI is InChI=1S/C18H14ClN5O2S2/c1-10-15(28-17(22-10)13-8-20-6-7-21-13)16(26)23-24-14(25)9-27-18(24)11-2-4-12(19)5-3-11/h2-8,18H,9H2,1H3,(H,23,26). The number of thioether (sulfide) groups is 1. The van der Waals surface area contributed by atoms with Gasteiger partial charge in [-0.05, 0) is 24.6 Å². The Morgan fingerprint density at radius 3 is 2.79 bits per heavy atom. The molecule has 0 bridgehead atoms. The van der Waals surface area contributed by atoms with Gasteiger partial charge in [0.15, 0.2) is 0 Å². The highest BCUT2D eigenvalue weighted by atomic mass is 35.5. The summed E-state index contributed by atoms with van der Waals surface area (Å²) in [5.74, 6) is -0.241. The fraction of sp³-hybridized carbons (Fsp3) is 0.167. The first-order chi connectivity index (χ1) is 13.5. The molecule has 1 atom stereocenters. The van der Waals surface area contributed by atoms with Gasteiger partial charge >= 0.3 is 0 Å². The van der Waals surface area contributed by atoms with Crippen molar-refractivity contribution in [3.05, 3.63) is 64.0 Å². The number of thiazole rings is 1. The van der Waals surface area contributed by atoms with Crippen molar-refractivity contribution < 1.29 is 9.59 Å². The third-order valence-electron chi connectivity index (χ3n) is 4.03. The van der Waals surface area contributed by atoms with Crippen molar-refractivity contribution in [1.29, 1.82) is 0 Å². The lowest BCUT2D eigenvalue weighted by Gasteiger charge is -2.24. The highest BCUT2D eigenvalue weighted by Crippen LogP contribution is 2.38. The molecule has 2 aromatic heterocycles. The zero-order chi connectivity index (χ0) is 19.7. The maximum Gasteiger partial charge on any atom is 0.281 e. The Hall–Kier alpha value is -2.49. The van der Waals surface area contributed by atoms with E-state index in [0.29, 0.717) is 32.0 Å². The molecule has 3 aromatic rings. The second-order valence-corrected chi connectivity index (χ2v) is 8.45. The van der Waals surface area contributed by atoms with Crippen molar-refractivity contribution in [3.8, 4) is 10.7 Å². The first kappa shape index (κ1) is 18.9. The Kier molecular flexibility index (Phi) is 5.29. The largest absolute Gasteiger partial charge is 0.281 e. The first-order valence-corrected chi connectivity index (χ1v) is 10.5. The van der Waals surface area contributed by atoms with E-state index in [1.165, 1.54) is 28.1 Å². The molecule has 1 unspecified atom stereocenters. The molecule has 0 spiro atoms. The number of hydrogen-bond acceptors (Lipinski definition) is 7. The summed E-state index contributed by atoms with van der Waals surface area (Å²) in [6, 6.07) is 7.23. The lowest BCUT2D eigenvalue weighted by Crippen LogP contribution is -2.44. The van der Waals surface area contributed by atoms with Crippen LogP contribution in [-0.4, -0.2) is 37.5 Å². The number of carbonyl (C=O) groups excluding carboxylic acids is 2. The van der Waals surface area contributed by atoms with E-state index in [1.807, 2.05) is 12.1 Å². The maximum absolute atomic E-state index is 12.8. The molecule has 142 valence electrons. The average Bonchev–Trinajstić information content (AvgIpc) is 3.26. The Labute approximate surface area is 174 Å². The monoisotopic (exact) mass is 431 g/mol. The van der Waals surface area contributed by atoms with E-state index < -0.39 is 0 Å². The van der Waals surface area contributed by atoms with Crippen LogP contribution >= 0.6 is 34.7 Å². The molecular formula is C18H14ClN5O2S2. The lowest BCUT2D eigenvalue weighted by molar-refractivity contribution is -0.130. The van der Waals surface area contributed by atoms with E-state index in [9.17, 15) is 9.59 Å². The van der Waals surface area contributed by atoms with Crippen molar-refractivity contribution in [2.24, 2.45) is 0 Å². The summed E-state index contributed by atoms with van der Waals surface area (Å²) in [6.45, 7) is 1.75. The number of nitrogens with zero attached hydrogens (tertiary/aromatic N) is 4. The molecule has 1 saturated heterocycles. The summed E-state index contributed by atoms with van der Waals surface area (Å²) in [7, 11) is 0. The van der Waals surface area contributed by atoms with Gasteiger partial charge in [-0.25, -0.2) is 9.99 Å². The normalized spacial score (nSPS) is 16.4. The van der Waals surface area contributed by atoms with Crippen molar-refractivity contribution >= 4 is 46.5 Å². The summed E-state index contributed by atoms with van der Waals surface area (Å²) < 4.78 is 0. The van der Waals surface area contributed by atoms with Crippen LogP contribution in [0.2, 0.25) is 5.02 Å². The molecule has 10 heteroatoms. The minimum atomic E-state index is -0.375. The van der Waals surface area contributed by atoms with Crippen LogP contribution in [0.4, 0.5) is 0 Å². The number of hydrazine groups is 1. The van der Waals surface area contributed by atoms with Gasteiger partial charge in [0.1, 0.15) is 21.0 Å². The number of benzene rings is 1. The van der Waals surface area contributed by atoms with Crippen LogP contribution in [0, 0.1) is 6.92 Å². The Morgan fingerprint density at radius 2 is 2.07 bits per heavy atom. The second kappa shape index (κ2) is 7.86. The van der Waals surface area contributed by atoms with Gasteiger partial charge in [-0.1, -0.05) is 23.7 Å². The topological polar surface area (TPSA) is 88.1 Å². The predicted molar refractivity (Wildman–Crippen MR) is 109 cm³/mol. The van der Waals surface area contributed by atoms with Gasteiger partial charge in [-0.2, -0.15) is 0 Å². The molecule has 1 fully saturated rings. The zero-order valence-electron chi connectivity index (χ0n) is 14.6. The molecule has 1 aromatic carbocycles. The van der Waals surface area contributed by atoms with Crippen LogP contribution in [0.1, 0.15) is 26.3 Å². The van der Waals surface area contributed by atoms with E-state index >= 15 is 0 Å². The van der Waals surface area contributed by atoms with Crippen LogP contribution in [0.3, 0.4) is 0 Å². The molecule has 4 rings (SSSR count). The third kappa shape index (κ3) is 3.73. The van der Waals surface area contributed by atoms with E-state index in [2.05, 4.69) is 20.4 Å². The fourth-order valence-electron chi connectivity index (χ4n) is 2.71. The van der Waals surface area contributed by atoms with Crippen molar-refractivity contribution in [2.75, 3.05) is 5.75 Å². The minimum absolute atomic E-state index is 0.158. The number of aryl methyl sites for hydroxylation is 1. The molecule has 1 N–H and O–H groups in total. The molecule has 0 saturated carbocycles. The molecule has 2 amide bonds. The molecule has 1 aliphatic heterocycles. The van der Waals surface area contributed by atoms with E-state index in [0.717, 1.165) is 5.56 Å². The van der Waals surface area contributed by atoms with Crippen LogP contribution in [0.15, 0.2) is 42.9 Å². The van der Waals surface area contributed by atoms with Crippen LogP contribution in [-0.2, 0) is 4.79 Å². The summed E-state index contributed by atoms with van der Waals surface area (Å²) in [5, 5.41) is 2.29. The second-order valence-electron chi connectivity index (χ2n) is 5.94. The van der Waals surface area contributed by atoms with Crippen molar-refractivity contribution in [1.82, 2.24) is 25.4 Å². The molecular weight excluding hydrogens is 418 g/mol. The SMILES string of the molecule is Cc1nc(-c2cnccn2)sc1C(=O)NN1C(=O)CSC1c1ccc(Cl)cc1. The van der Waals surface area contributed by atoms with Gasteiger partial charge < -0.3 is 0 Å². The quantitative estimate of drug-likeness (QED) is 0.680. The zero-order valence-corrected chi connectivity index (χ0v) is 17.0. The number of hydrogen-bond donors (Lipinski definition) is 1. The van der Waals surface area contributed by atoms with E-state index in [4.69, 9.17) is 11.6 Å². The summed E-state index contributed by atoms with van der Waals surface area (Å²) in [6.07, 6.45) is 4.74. The van der Waals surface area contributed by atoms with Gasteiger partial charge in [-0.15, -0.1) is 23.1 Å². The summed E-state index contributed by atoms with van der Waals surface area (Å²) in [5.41, 5.74) is 4.80. The first-order valence-electron chi connectivity index (χ1n) is 8.27. The molecule has 1 aliphatic rings. The molecule has 3 heterocycles. The summed E-state index contributed by atoms with van der Waals surface area (Å²) in [4.78, 5) is 38.3. The minimum Gasteiger partial charge on any atom is -0.272 e. The molecule has 7 nitrogen and oxygen atoms in total. The molecule has 28 heavy (non-hydrogen) atoms. The van der Waals surface area contributed by atoms with Crippen LogP contribution in [0.5, 0.6) is 0 Å². The van der Waals surface area contributed by atoms with Gasteiger partial charge in [0.2, 0.25) is 0 Å². The Bertz CT molecular complexity index is 1030.